The molecule has 0 radical (unpaired) electrons. The summed E-state index contributed by atoms with van der Waals surface area (Å²) in [4.78, 5) is 2.15. The van der Waals surface area contributed by atoms with Crippen LogP contribution in [0.25, 0.3) is 0 Å². The summed E-state index contributed by atoms with van der Waals surface area (Å²) in [7, 11) is 4.14. The van der Waals surface area contributed by atoms with Crippen LogP contribution in [-0.4, -0.2) is 25.6 Å². The zero-order chi connectivity index (χ0) is 11.3. The van der Waals surface area contributed by atoms with Crippen LogP contribution in [0.3, 0.4) is 0 Å². The number of hydrogen-bond acceptors (Lipinski definition) is 2. The lowest BCUT2D eigenvalue weighted by molar-refractivity contribution is 0.264. The minimum Gasteiger partial charge on any atom is -0.493 e. The molecule has 0 bridgehead atoms. The number of ether oxygens (including phenoxy) is 1. The molecule has 0 spiro atoms. The van der Waals surface area contributed by atoms with Crippen molar-refractivity contribution in [1.82, 2.24) is 4.90 Å². The fourth-order valence-corrected chi connectivity index (χ4v) is 1.37. The summed E-state index contributed by atoms with van der Waals surface area (Å²) in [5.41, 5.74) is 1.25. The Morgan fingerprint density at radius 1 is 1.20 bits per heavy atom. The van der Waals surface area contributed by atoms with Gasteiger partial charge in [-0.1, -0.05) is 32.0 Å². The first-order valence-electron chi connectivity index (χ1n) is 5.45. The fraction of sp³-hybridized carbons (Fsp3) is 0.538. The highest BCUT2D eigenvalue weighted by Crippen LogP contribution is 2.19. The van der Waals surface area contributed by atoms with E-state index >= 15 is 0 Å². The minimum absolute atomic E-state index is 0.567. The Morgan fingerprint density at radius 2 is 1.87 bits per heavy atom. The van der Waals surface area contributed by atoms with Gasteiger partial charge in [0.15, 0.2) is 0 Å². The average molecular weight is 207 g/mol. The Bertz CT molecular complexity index is 294. The molecule has 15 heavy (non-hydrogen) atoms. The fourth-order valence-electron chi connectivity index (χ4n) is 1.37. The smallest absolute Gasteiger partial charge is 0.123 e. The van der Waals surface area contributed by atoms with E-state index in [-0.39, 0.29) is 0 Å². The predicted octanol–water partition coefficient (Wildman–Crippen LogP) is 2.78. The van der Waals surface area contributed by atoms with E-state index in [9.17, 15) is 0 Å². The standard InChI is InChI=1S/C13H21NO/c1-11(2)10-15-13-8-6-5-7-12(13)9-14(3)4/h5-8,11H,9-10H2,1-4H3. The van der Waals surface area contributed by atoms with Crippen LogP contribution in [0.4, 0.5) is 0 Å². The first-order chi connectivity index (χ1) is 7.09. The molecule has 0 fully saturated rings. The van der Waals surface area contributed by atoms with Crippen molar-refractivity contribution in [1.29, 1.82) is 0 Å². The minimum atomic E-state index is 0.567. The lowest BCUT2D eigenvalue weighted by atomic mass is 10.2. The maximum atomic E-state index is 5.77. The Balaban J connectivity index is 2.68. The van der Waals surface area contributed by atoms with Gasteiger partial charge < -0.3 is 9.64 Å². The molecule has 0 aromatic heterocycles. The molecule has 0 saturated heterocycles. The average Bonchev–Trinajstić information content (AvgIpc) is 2.15. The molecule has 0 aliphatic heterocycles. The number of hydrogen-bond donors (Lipinski definition) is 0. The third-order valence-corrected chi connectivity index (χ3v) is 2.03. The van der Waals surface area contributed by atoms with Crippen LogP contribution < -0.4 is 4.74 Å². The number of benzene rings is 1. The third-order valence-electron chi connectivity index (χ3n) is 2.03. The zero-order valence-corrected chi connectivity index (χ0v) is 10.2. The summed E-state index contributed by atoms with van der Waals surface area (Å²) in [5, 5.41) is 0. The van der Waals surface area contributed by atoms with E-state index in [2.05, 4.69) is 45.0 Å². The van der Waals surface area contributed by atoms with Gasteiger partial charge in [-0.05, 0) is 26.1 Å². The van der Waals surface area contributed by atoms with Crippen LogP contribution in [0.1, 0.15) is 19.4 Å². The molecular formula is C13H21NO. The number of rotatable bonds is 5. The summed E-state index contributed by atoms with van der Waals surface area (Å²) < 4.78 is 5.77. The van der Waals surface area contributed by atoms with Gasteiger partial charge >= 0.3 is 0 Å². The van der Waals surface area contributed by atoms with Crippen molar-refractivity contribution < 1.29 is 4.74 Å². The van der Waals surface area contributed by atoms with Crippen LogP contribution in [0.15, 0.2) is 24.3 Å². The molecular weight excluding hydrogens is 186 g/mol. The van der Waals surface area contributed by atoms with E-state index < -0.39 is 0 Å². The van der Waals surface area contributed by atoms with Crippen molar-refractivity contribution in [3.63, 3.8) is 0 Å². The molecule has 1 aromatic carbocycles. The summed E-state index contributed by atoms with van der Waals surface area (Å²) in [5.74, 6) is 1.58. The molecule has 0 atom stereocenters. The summed E-state index contributed by atoms with van der Waals surface area (Å²) in [6.07, 6.45) is 0. The topological polar surface area (TPSA) is 12.5 Å². The van der Waals surface area contributed by atoms with Gasteiger partial charge in [0.2, 0.25) is 0 Å². The number of para-hydroxylation sites is 1. The predicted molar refractivity (Wildman–Crippen MR) is 64.2 cm³/mol. The van der Waals surface area contributed by atoms with E-state index in [0.29, 0.717) is 5.92 Å². The molecule has 0 heterocycles. The summed E-state index contributed by atoms with van der Waals surface area (Å²) in [6.45, 7) is 6.03. The van der Waals surface area contributed by atoms with Gasteiger partial charge in [-0.15, -0.1) is 0 Å². The number of nitrogens with zero attached hydrogens (tertiary/aromatic N) is 1. The SMILES string of the molecule is CC(C)COc1ccccc1CN(C)C. The molecule has 1 rings (SSSR count). The highest BCUT2D eigenvalue weighted by Gasteiger charge is 2.04. The zero-order valence-electron chi connectivity index (χ0n) is 10.2. The maximum absolute atomic E-state index is 5.77. The molecule has 84 valence electrons. The normalized spacial score (nSPS) is 11.1. The van der Waals surface area contributed by atoms with Gasteiger partial charge in [0.25, 0.3) is 0 Å². The molecule has 0 saturated carbocycles. The Hall–Kier alpha value is -1.02. The van der Waals surface area contributed by atoms with Crippen LogP contribution in [0.2, 0.25) is 0 Å². The summed E-state index contributed by atoms with van der Waals surface area (Å²) in [6, 6.07) is 8.24. The van der Waals surface area contributed by atoms with Gasteiger partial charge in [-0.2, -0.15) is 0 Å². The second-order valence-electron chi connectivity index (χ2n) is 4.55. The molecule has 0 N–H and O–H groups in total. The highest BCUT2D eigenvalue weighted by molar-refractivity contribution is 5.33. The molecule has 1 aromatic rings. The van der Waals surface area contributed by atoms with Crippen LogP contribution in [0, 0.1) is 5.92 Å². The van der Waals surface area contributed by atoms with Gasteiger partial charge in [-0.3, -0.25) is 0 Å². The van der Waals surface area contributed by atoms with Crippen LogP contribution in [-0.2, 0) is 6.54 Å². The molecule has 0 aliphatic rings. The Morgan fingerprint density at radius 3 is 2.47 bits per heavy atom. The molecule has 0 aliphatic carbocycles. The van der Waals surface area contributed by atoms with E-state index in [1.165, 1.54) is 5.56 Å². The van der Waals surface area contributed by atoms with Gasteiger partial charge in [0, 0.05) is 12.1 Å². The summed E-state index contributed by atoms with van der Waals surface area (Å²) >= 11 is 0. The van der Waals surface area contributed by atoms with E-state index in [1.54, 1.807) is 0 Å². The first-order valence-corrected chi connectivity index (χ1v) is 5.45. The first kappa shape index (κ1) is 12.1. The van der Waals surface area contributed by atoms with E-state index in [4.69, 9.17) is 4.74 Å². The second-order valence-corrected chi connectivity index (χ2v) is 4.55. The van der Waals surface area contributed by atoms with Crippen molar-refractivity contribution in [3.8, 4) is 5.75 Å². The second kappa shape index (κ2) is 5.76. The van der Waals surface area contributed by atoms with Crippen molar-refractivity contribution in [2.24, 2.45) is 5.92 Å². The lowest BCUT2D eigenvalue weighted by Crippen LogP contribution is -2.13. The van der Waals surface area contributed by atoms with Crippen LogP contribution in [0.5, 0.6) is 5.75 Å². The van der Waals surface area contributed by atoms with Crippen molar-refractivity contribution in [2.75, 3.05) is 20.7 Å². The van der Waals surface area contributed by atoms with E-state index in [1.807, 2.05) is 12.1 Å². The largest absolute Gasteiger partial charge is 0.493 e. The molecule has 0 amide bonds. The molecule has 2 nitrogen and oxygen atoms in total. The third kappa shape index (κ3) is 4.34. The Kier molecular flexibility index (Phi) is 4.63. The highest BCUT2D eigenvalue weighted by atomic mass is 16.5. The van der Waals surface area contributed by atoms with Gasteiger partial charge in [0.1, 0.15) is 5.75 Å². The van der Waals surface area contributed by atoms with E-state index in [0.717, 1.165) is 18.9 Å². The quantitative estimate of drug-likeness (QED) is 0.736. The van der Waals surface area contributed by atoms with Crippen molar-refractivity contribution in [2.45, 2.75) is 20.4 Å². The van der Waals surface area contributed by atoms with Gasteiger partial charge in [-0.25, -0.2) is 0 Å². The van der Waals surface area contributed by atoms with Crippen LogP contribution >= 0.6 is 0 Å². The Labute approximate surface area is 92.9 Å². The lowest BCUT2D eigenvalue weighted by Gasteiger charge is -2.15. The van der Waals surface area contributed by atoms with Crippen molar-refractivity contribution >= 4 is 0 Å². The monoisotopic (exact) mass is 207 g/mol. The van der Waals surface area contributed by atoms with Crippen molar-refractivity contribution in [3.05, 3.63) is 29.8 Å². The maximum Gasteiger partial charge on any atom is 0.123 e. The van der Waals surface area contributed by atoms with Gasteiger partial charge in [0.05, 0.1) is 6.61 Å². The molecule has 2 heteroatoms. The molecule has 0 unspecified atom stereocenters.